The van der Waals surface area contributed by atoms with Gasteiger partial charge in [-0.05, 0) is 73.8 Å². The van der Waals surface area contributed by atoms with Gasteiger partial charge in [-0.15, -0.1) is 0 Å². The summed E-state index contributed by atoms with van der Waals surface area (Å²) in [5.41, 5.74) is 8.79. The maximum atomic E-state index is 13.0. The highest BCUT2D eigenvalue weighted by molar-refractivity contribution is 5.97. The molecule has 0 saturated heterocycles. The number of hydrogen-bond acceptors (Lipinski definition) is 1. The lowest BCUT2D eigenvalue weighted by Gasteiger charge is -2.27. The molecule has 1 atom stereocenters. The smallest absolute Gasteiger partial charge is 0.114 e. The van der Waals surface area contributed by atoms with E-state index in [9.17, 15) is 8.78 Å². The molecular formula is C28H37F2N. The van der Waals surface area contributed by atoms with Crippen molar-refractivity contribution in [2.75, 3.05) is 19.9 Å². The fourth-order valence-electron chi connectivity index (χ4n) is 4.56. The molecule has 1 nitrogen and oxygen atoms in total. The molecular weight excluding hydrogens is 388 g/mol. The average molecular weight is 426 g/mol. The lowest BCUT2D eigenvalue weighted by Crippen LogP contribution is -2.17. The number of nitrogens with zero attached hydrogens (tertiary/aromatic N) is 1. The molecule has 3 heteroatoms. The molecule has 0 radical (unpaired) electrons. The van der Waals surface area contributed by atoms with Crippen molar-refractivity contribution in [3.63, 3.8) is 0 Å². The summed E-state index contributed by atoms with van der Waals surface area (Å²) >= 11 is 0. The van der Waals surface area contributed by atoms with Crippen LogP contribution < -0.4 is 0 Å². The zero-order chi connectivity index (χ0) is 23.2. The molecule has 0 amide bonds. The molecule has 0 aromatic rings. The van der Waals surface area contributed by atoms with Gasteiger partial charge in [0.05, 0.1) is 6.54 Å². The van der Waals surface area contributed by atoms with E-state index in [1.165, 1.54) is 34.1 Å². The van der Waals surface area contributed by atoms with Crippen molar-refractivity contribution >= 4 is 5.71 Å². The maximum Gasteiger partial charge on any atom is 0.114 e. The first-order valence-corrected chi connectivity index (χ1v) is 11.0. The van der Waals surface area contributed by atoms with E-state index >= 15 is 0 Å². The minimum Gasteiger partial charge on any atom is -0.285 e. The first-order valence-electron chi connectivity index (χ1n) is 11.0. The molecule has 1 aliphatic heterocycles. The lowest BCUT2D eigenvalue weighted by atomic mass is 9.77. The average Bonchev–Trinajstić information content (AvgIpc) is 3.21. The van der Waals surface area contributed by atoms with Crippen molar-refractivity contribution in [3.8, 4) is 0 Å². The molecule has 2 rings (SSSR count). The quantitative estimate of drug-likeness (QED) is 0.297. The van der Waals surface area contributed by atoms with Gasteiger partial charge in [-0.3, -0.25) is 4.99 Å². The van der Waals surface area contributed by atoms with E-state index in [0.717, 1.165) is 30.5 Å². The Morgan fingerprint density at radius 2 is 1.94 bits per heavy atom. The molecule has 0 spiro atoms. The van der Waals surface area contributed by atoms with Crippen LogP contribution in [0.15, 0.2) is 87.5 Å². The maximum absolute atomic E-state index is 13.0. The minimum absolute atomic E-state index is 0.0648. The molecule has 1 unspecified atom stereocenters. The Hall–Kier alpha value is -2.29. The summed E-state index contributed by atoms with van der Waals surface area (Å²) in [7, 11) is 0. The number of alkyl halides is 2. The molecule has 0 aromatic heterocycles. The SMILES string of the molecule is C=C(/C=C(\C=C/CF)CC1C=C(C)C(CC(C)(C)CC2=NCC(C)=C2)=C1C(=C)C)CF. The zero-order valence-electron chi connectivity index (χ0n) is 19.8. The topological polar surface area (TPSA) is 12.4 Å². The zero-order valence-corrected chi connectivity index (χ0v) is 19.8. The van der Waals surface area contributed by atoms with Gasteiger partial charge in [-0.2, -0.15) is 0 Å². The van der Waals surface area contributed by atoms with Crippen LogP contribution in [-0.2, 0) is 0 Å². The van der Waals surface area contributed by atoms with Crippen LogP contribution >= 0.6 is 0 Å². The Balaban J connectivity index is 2.30. The van der Waals surface area contributed by atoms with E-state index in [-0.39, 0.29) is 11.3 Å². The van der Waals surface area contributed by atoms with Gasteiger partial charge in [0.15, 0.2) is 0 Å². The summed E-state index contributed by atoms with van der Waals surface area (Å²) in [5, 5.41) is 0. The summed E-state index contributed by atoms with van der Waals surface area (Å²) in [4.78, 5) is 4.66. The van der Waals surface area contributed by atoms with E-state index in [1.54, 1.807) is 12.2 Å². The molecule has 0 aromatic carbocycles. The van der Waals surface area contributed by atoms with Crippen molar-refractivity contribution in [3.05, 3.63) is 82.5 Å². The standard InChI is InChI=1S/C28H37F2N/c1-19(2)27-24(14-23(9-8-10-29)11-20(3)17-30)13-22(5)26(27)16-28(6,7)15-25-12-21(4)18-31-25/h8-9,11-13,24H,1,3,10,14-18H2,2,4-7H3/b9-8-,23-11+. The molecule has 0 fully saturated rings. The van der Waals surface area contributed by atoms with Gasteiger partial charge in [0.1, 0.15) is 13.3 Å². The van der Waals surface area contributed by atoms with Gasteiger partial charge in [-0.1, -0.05) is 68.0 Å². The molecule has 168 valence electrons. The minimum atomic E-state index is -0.604. The second kappa shape index (κ2) is 10.8. The first kappa shape index (κ1) is 25.0. The van der Waals surface area contributed by atoms with Crippen molar-refractivity contribution in [2.45, 2.75) is 53.9 Å². The third kappa shape index (κ3) is 7.12. The Morgan fingerprint density at radius 1 is 1.23 bits per heavy atom. The van der Waals surface area contributed by atoms with E-state index in [2.05, 4.69) is 64.9 Å². The summed E-state index contributed by atoms with van der Waals surface area (Å²) in [6.07, 6.45) is 12.0. The van der Waals surface area contributed by atoms with E-state index in [1.807, 2.05) is 0 Å². The highest BCUT2D eigenvalue weighted by Gasteiger charge is 2.30. The summed E-state index contributed by atoms with van der Waals surface area (Å²) < 4.78 is 25.7. The molecule has 1 aliphatic carbocycles. The predicted octanol–water partition coefficient (Wildman–Crippen LogP) is 8.01. The van der Waals surface area contributed by atoms with Gasteiger partial charge in [0.25, 0.3) is 0 Å². The van der Waals surface area contributed by atoms with Crippen molar-refractivity contribution in [1.82, 2.24) is 0 Å². The normalized spacial score (nSPS) is 19.8. The van der Waals surface area contributed by atoms with Gasteiger partial charge in [0, 0.05) is 11.6 Å². The largest absolute Gasteiger partial charge is 0.285 e. The van der Waals surface area contributed by atoms with Crippen molar-refractivity contribution in [1.29, 1.82) is 0 Å². The van der Waals surface area contributed by atoms with E-state index < -0.39 is 13.3 Å². The number of hydrogen-bond donors (Lipinski definition) is 0. The summed E-state index contributed by atoms with van der Waals surface area (Å²) in [5.74, 6) is 0.150. The Labute approximate surface area is 187 Å². The summed E-state index contributed by atoms with van der Waals surface area (Å²) in [6, 6.07) is 0. The lowest BCUT2D eigenvalue weighted by molar-refractivity contribution is 0.380. The third-order valence-corrected chi connectivity index (χ3v) is 5.78. The van der Waals surface area contributed by atoms with Crippen LogP contribution in [0.2, 0.25) is 0 Å². The highest BCUT2D eigenvalue weighted by Crippen LogP contribution is 2.44. The second-order valence-electron chi connectivity index (χ2n) is 9.72. The molecule has 0 bridgehead atoms. The Kier molecular flexibility index (Phi) is 8.73. The van der Waals surface area contributed by atoms with E-state index in [4.69, 9.17) is 0 Å². The molecule has 0 saturated carbocycles. The second-order valence-corrected chi connectivity index (χ2v) is 9.72. The van der Waals surface area contributed by atoms with Gasteiger partial charge >= 0.3 is 0 Å². The van der Waals surface area contributed by atoms with Crippen LogP contribution in [0.5, 0.6) is 0 Å². The van der Waals surface area contributed by atoms with Crippen LogP contribution in [0.1, 0.15) is 53.9 Å². The van der Waals surface area contributed by atoms with Crippen LogP contribution in [0.3, 0.4) is 0 Å². The van der Waals surface area contributed by atoms with Gasteiger partial charge < -0.3 is 0 Å². The van der Waals surface area contributed by atoms with Crippen LogP contribution in [0, 0.1) is 11.3 Å². The Bertz CT molecular complexity index is 903. The molecule has 2 aliphatic rings. The number of rotatable bonds is 11. The third-order valence-electron chi connectivity index (χ3n) is 5.78. The monoisotopic (exact) mass is 425 g/mol. The van der Waals surface area contributed by atoms with Crippen molar-refractivity contribution in [2.24, 2.45) is 16.3 Å². The van der Waals surface area contributed by atoms with Crippen LogP contribution in [0.4, 0.5) is 8.78 Å². The molecule has 31 heavy (non-hydrogen) atoms. The van der Waals surface area contributed by atoms with Gasteiger partial charge in [0.2, 0.25) is 0 Å². The number of allylic oxidation sites excluding steroid dienone is 11. The summed E-state index contributed by atoms with van der Waals surface area (Å²) in [6.45, 7) is 18.6. The van der Waals surface area contributed by atoms with Crippen LogP contribution in [-0.4, -0.2) is 25.6 Å². The highest BCUT2D eigenvalue weighted by atomic mass is 19.1. The fourth-order valence-corrected chi connectivity index (χ4v) is 4.56. The van der Waals surface area contributed by atoms with Gasteiger partial charge in [-0.25, -0.2) is 8.78 Å². The fraction of sp³-hybridized carbons (Fsp3) is 0.464. The Morgan fingerprint density at radius 3 is 2.48 bits per heavy atom. The predicted molar refractivity (Wildman–Crippen MR) is 131 cm³/mol. The van der Waals surface area contributed by atoms with Crippen molar-refractivity contribution < 1.29 is 8.78 Å². The number of aliphatic imine (C=N–C) groups is 1. The molecule has 1 heterocycles. The van der Waals surface area contributed by atoms with E-state index in [0.29, 0.717) is 12.0 Å². The van der Waals surface area contributed by atoms with Crippen LogP contribution in [0.25, 0.3) is 0 Å². The first-order chi connectivity index (χ1) is 14.6. The number of halogens is 2. The molecule has 0 N–H and O–H groups in total.